The highest BCUT2D eigenvalue weighted by Crippen LogP contribution is 2.40. The third-order valence-corrected chi connectivity index (χ3v) is 10.8. The summed E-state index contributed by atoms with van der Waals surface area (Å²) < 4.78 is 26.5. The lowest BCUT2D eigenvalue weighted by molar-refractivity contribution is -0.143. The van der Waals surface area contributed by atoms with Crippen molar-refractivity contribution in [3.05, 3.63) is 0 Å². The largest absolute Gasteiger partial charge is 0.465 e. The van der Waals surface area contributed by atoms with Crippen molar-refractivity contribution in [2.45, 2.75) is 68.8 Å². The molecule has 10 heteroatoms. The lowest BCUT2D eigenvalue weighted by Crippen LogP contribution is -2.55. The van der Waals surface area contributed by atoms with E-state index < -0.39 is 44.3 Å². The average Bonchev–Trinajstić information content (AvgIpc) is 2.91. The van der Waals surface area contributed by atoms with Crippen molar-refractivity contribution in [3.63, 3.8) is 0 Å². The van der Waals surface area contributed by atoms with Gasteiger partial charge in [-0.1, -0.05) is 32.5 Å². The number of carbonyl (C=O) groups is 1. The summed E-state index contributed by atoms with van der Waals surface area (Å²) in [6.07, 6.45) is -4.97. The smallest absolute Gasteiger partial charge is 0.413 e. The fraction of sp³-hybridized carbons (Fsp3) is 0.867. The van der Waals surface area contributed by atoms with Crippen molar-refractivity contribution < 1.29 is 28.6 Å². The van der Waals surface area contributed by atoms with Gasteiger partial charge in [0.25, 0.3) is 0 Å². The van der Waals surface area contributed by atoms with Crippen LogP contribution in [0.2, 0.25) is 18.1 Å². The SMILES string of the molecule is CN(C(=O)O)C1=N[C@@H]2[C@@H](F)[C@@H](O)[C@@H](CO[Si](C)(C)C(C)(C)C)O[C@@H]2S1. The van der Waals surface area contributed by atoms with Crippen LogP contribution in [0.25, 0.3) is 0 Å². The van der Waals surface area contributed by atoms with Crippen LogP contribution in [0.15, 0.2) is 4.99 Å². The number of thioether (sulfide) groups is 1. The second kappa shape index (κ2) is 7.14. The molecule has 0 aromatic heterocycles. The van der Waals surface area contributed by atoms with Gasteiger partial charge in [-0.15, -0.1) is 0 Å². The highest BCUT2D eigenvalue weighted by molar-refractivity contribution is 8.14. The number of nitrogens with zero attached hydrogens (tertiary/aromatic N) is 2. The number of hydrogen-bond donors (Lipinski definition) is 2. The van der Waals surface area contributed by atoms with Gasteiger partial charge in [-0.05, 0) is 18.1 Å². The Morgan fingerprint density at radius 1 is 1.48 bits per heavy atom. The molecule has 0 aromatic rings. The monoisotopic (exact) mass is 394 g/mol. The second-order valence-electron chi connectivity index (χ2n) is 7.91. The van der Waals surface area contributed by atoms with E-state index >= 15 is 0 Å². The number of aliphatic hydroxyl groups excluding tert-OH is 1. The van der Waals surface area contributed by atoms with E-state index in [0.717, 1.165) is 16.7 Å². The zero-order valence-corrected chi connectivity index (χ0v) is 17.2. The predicted molar refractivity (Wildman–Crippen MR) is 97.3 cm³/mol. The Hall–Kier alpha value is -0.683. The van der Waals surface area contributed by atoms with Crippen molar-refractivity contribution >= 4 is 31.3 Å². The molecule has 1 amide bonds. The van der Waals surface area contributed by atoms with Gasteiger partial charge in [0.05, 0.1) is 6.61 Å². The molecule has 0 bridgehead atoms. The van der Waals surface area contributed by atoms with E-state index in [9.17, 15) is 14.3 Å². The summed E-state index contributed by atoms with van der Waals surface area (Å²) in [5.74, 6) is 0. The minimum absolute atomic E-state index is 0.00708. The van der Waals surface area contributed by atoms with E-state index in [-0.39, 0.29) is 16.8 Å². The molecule has 5 atom stereocenters. The average molecular weight is 395 g/mol. The molecule has 2 rings (SSSR count). The van der Waals surface area contributed by atoms with E-state index in [1.54, 1.807) is 0 Å². The molecular weight excluding hydrogens is 367 g/mol. The molecule has 0 aliphatic carbocycles. The number of halogens is 1. The van der Waals surface area contributed by atoms with Crippen LogP contribution in [0.1, 0.15) is 20.8 Å². The van der Waals surface area contributed by atoms with Gasteiger partial charge in [-0.3, -0.25) is 9.89 Å². The predicted octanol–water partition coefficient (Wildman–Crippen LogP) is 2.51. The molecule has 0 radical (unpaired) electrons. The van der Waals surface area contributed by atoms with Crippen LogP contribution < -0.4 is 0 Å². The third-order valence-electron chi connectivity index (χ3n) is 5.09. The first kappa shape index (κ1) is 20.6. The third kappa shape index (κ3) is 4.18. The molecule has 2 aliphatic heterocycles. The summed E-state index contributed by atoms with van der Waals surface area (Å²) in [6, 6.07) is -0.916. The maximum atomic E-state index is 14.6. The molecule has 2 aliphatic rings. The summed E-state index contributed by atoms with van der Waals surface area (Å²) in [4.78, 5) is 16.0. The molecule has 2 N–H and O–H groups in total. The van der Waals surface area contributed by atoms with Crippen molar-refractivity contribution in [1.29, 1.82) is 0 Å². The van der Waals surface area contributed by atoms with Gasteiger partial charge < -0.3 is 19.4 Å². The number of alkyl halides is 1. The summed E-state index contributed by atoms with van der Waals surface area (Å²) in [6.45, 7) is 10.5. The van der Waals surface area contributed by atoms with Gasteiger partial charge in [0, 0.05) is 7.05 Å². The van der Waals surface area contributed by atoms with Crippen molar-refractivity contribution in [2.24, 2.45) is 4.99 Å². The van der Waals surface area contributed by atoms with Gasteiger partial charge in [-0.2, -0.15) is 0 Å². The number of carboxylic acid groups (broad SMARTS) is 1. The summed E-state index contributed by atoms with van der Waals surface area (Å²) in [5.41, 5.74) is -0.664. The minimum atomic E-state index is -2.06. The van der Waals surface area contributed by atoms with Crippen LogP contribution in [-0.2, 0) is 9.16 Å². The van der Waals surface area contributed by atoms with Crippen molar-refractivity contribution in [3.8, 4) is 0 Å². The minimum Gasteiger partial charge on any atom is -0.465 e. The van der Waals surface area contributed by atoms with Crippen LogP contribution >= 0.6 is 11.8 Å². The first-order chi connectivity index (χ1) is 11.3. The number of aliphatic hydroxyl groups is 1. The highest BCUT2D eigenvalue weighted by Gasteiger charge is 2.51. The molecule has 0 aromatic carbocycles. The van der Waals surface area contributed by atoms with Crippen LogP contribution in [0.3, 0.4) is 0 Å². The Morgan fingerprint density at radius 2 is 2.08 bits per heavy atom. The van der Waals surface area contributed by atoms with Gasteiger partial charge in [0.2, 0.25) is 0 Å². The van der Waals surface area contributed by atoms with Crippen LogP contribution in [0, 0.1) is 0 Å². The normalized spacial score (nSPS) is 33.0. The zero-order valence-electron chi connectivity index (χ0n) is 15.4. The van der Waals surface area contributed by atoms with Crippen molar-refractivity contribution in [2.75, 3.05) is 13.7 Å². The maximum absolute atomic E-state index is 14.6. The molecule has 1 saturated heterocycles. The lowest BCUT2D eigenvalue weighted by atomic mass is 10.0. The molecule has 1 fully saturated rings. The van der Waals surface area contributed by atoms with Crippen LogP contribution in [0.4, 0.5) is 9.18 Å². The Bertz CT molecular complexity index is 557. The van der Waals surface area contributed by atoms with E-state index in [0.29, 0.717) is 0 Å². The second-order valence-corrected chi connectivity index (χ2v) is 13.8. The lowest BCUT2D eigenvalue weighted by Gasteiger charge is -2.41. The summed E-state index contributed by atoms with van der Waals surface area (Å²) in [7, 11) is -0.715. The summed E-state index contributed by atoms with van der Waals surface area (Å²) in [5, 5.41) is 19.4. The first-order valence-electron chi connectivity index (χ1n) is 8.18. The zero-order chi connectivity index (χ0) is 19.2. The standard InChI is InChI=1S/C15H27FN2O5SSi/c1-15(2,3)25(5,6)22-7-8-11(19)9(16)10-12(23-8)24-13(17-10)18(4)14(20)21/h8-12,19H,7H2,1-6H3,(H,20,21)/t8-,9-,10-,11+,12-/m1/s1. The number of amidine groups is 1. The van der Waals surface area contributed by atoms with E-state index in [4.69, 9.17) is 14.3 Å². The molecule has 7 nitrogen and oxygen atoms in total. The number of ether oxygens (including phenoxy) is 1. The molecular formula is C15H27FN2O5SSi. The number of fused-ring (bicyclic) bond motifs is 1. The fourth-order valence-electron chi connectivity index (χ4n) is 2.27. The van der Waals surface area contributed by atoms with Gasteiger partial charge >= 0.3 is 6.09 Å². The molecule has 0 saturated carbocycles. The number of amides is 1. The highest BCUT2D eigenvalue weighted by atomic mass is 32.2. The van der Waals surface area contributed by atoms with Crippen molar-refractivity contribution in [1.82, 2.24) is 4.90 Å². The fourth-order valence-corrected chi connectivity index (χ4v) is 4.46. The Balaban J connectivity index is 2.04. The Morgan fingerprint density at radius 3 is 2.60 bits per heavy atom. The Kier molecular flexibility index (Phi) is 5.89. The molecule has 144 valence electrons. The quantitative estimate of drug-likeness (QED) is 0.715. The van der Waals surface area contributed by atoms with Crippen LogP contribution in [-0.4, -0.2) is 78.2 Å². The molecule has 0 spiro atoms. The van der Waals surface area contributed by atoms with E-state index in [2.05, 4.69) is 38.9 Å². The topological polar surface area (TPSA) is 91.6 Å². The first-order valence-corrected chi connectivity index (χ1v) is 12.0. The van der Waals surface area contributed by atoms with E-state index in [1.165, 1.54) is 7.05 Å². The number of hydrogen-bond acceptors (Lipinski definition) is 6. The van der Waals surface area contributed by atoms with Gasteiger partial charge in [0.1, 0.15) is 23.7 Å². The molecule has 0 unspecified atom stereocenters. The van der Waals surface area contributed by atoms with Gasteiger partial charge in [-0.25, -0.2) is 9.18 Å². The Labute approximate surface area is 152 Å². The number of aliphatic imine (C=N–C) groups is 1. The van der Waals surface area contributed by atoms with E-state index in [1.807, 2.05) is 0 Å². The summed E-state index contributed by atoms with van der Waals surface area (Å²) >= 11 is 1.06. The van der Waals surface area contributed by atoms with Crippen LogP contribution in [0.5, 0.6) is 0 Å². The maximum Gasteiger partial charge on any atom is 0.413 e. The van der Waals surface area contributed by atoms with Gasteiger partial charge in [0.15, 0.2) is 19.7 Å². The molecule has 25 heavy (non-hydrogen) atoms. The number of rotatable bonds is 3. The molecule has 2 heterocycles.